The van der Waals surface area contributed by atoms with Crippen molar-refractivity contribution in [1.82, 2.24) is 14.7 Å². The normalized spacial score (nSPS) is 11.3. The number of anilines is 1. The molecule has 0 aliphatic heterocycles. The number of para-hydroxylation sites is 1. The van der Waals surface area contributed by atoms with Crippen LogP contribution >= 0.6 is 0 Å². The minimum Gasteiger partial charge on any atom is -0.325 e. The zero-order valence-corrected chi connectivity index (χ0v) is 22.2. The number of amides is 2. The first-order valence-corrected chi connectivity index (χ1v) is 12.5. The molecule has 6 heteroatoms. The standard InChI is InChI=1S/C31H34N4O2/c1-22-13-9-11-17-25(22)30(37)34(20-24-15-7-6-8-16-24)21-29(36)32-28-19-27(31(3,4)5)33-35(28)26-18-12-10-14-23(26)2/h6-19H,20-21H2,1-5H3,(H,32,36). The smallest absolute Gasteiger partial charge is 0.254 e. The number of hydrogen-bond donors (Lipinski definition) is 1. The maximum absolute atomic E-state index is 13.6. The van der Waals surface area contributed by atoms with Crippen molar-refractivity contribution in [3.05, 3.63) is 113 Å². The molecule has 0 spiro atoms. The molecule has 0 atom stereocenters. The molecule has 1 heterocycles. The minimum atomic E-state index is -0.284. The van der Waals surface area contributed by atoms with Crippen molar-refractivity contribution in [1.29, 1.82) is 0 Å². The summed E-state index contributed by atoms with van der Waals surface area (Å²) in [5, 5.41) is 7.86. The lowest BCUT2D eigenvalue weighted by Gasteiger charge is -2.23. The first kappa shape index (κ1) is 25.9. The number of hydrogen-bond acceptors (Lipinski definition) is 3. The highest BCUT2D eigenvalue weighted by Gasteiger charge is 2.24. The van der Waals surface area contributed by atoms with E-state index in [1.165, 1.54) is 0 Å². The maximum atomic E-state index is 13.6. The Labute approximate surface area is 218 Å². The van der Waals surface area contributed by atoms with Gasteiger partial charge in [0, 0.05) is 23.6 Å². The minimum absolute atomic E-state index is 0.0914. The van der Waals surface area contributed by atoms with Crippen LogP contribution < -0.4 is 5.32 Å². The van der Waals surface area contributed by atoms with Crippen molar-refractivity contribution in [2.24, 2.45) is 0 Å². The van der Waals surface area contributed by atoms with E-state index in [0.717, 1.165) is 28.1 Å². The van der Waals surface area contributed by atoms with Gasteiger partial charge in [0.1, 0.15) is 12.4 Å². The molecule has 3 aromatic carbocycles. The van der Waals surface area contributed by atoms with Gasteiger partial charge in [-0.25, -0.2) is 4.68 Å². The van der Waals surface area contributed by atoms with E-state index in [0.29, 0.717) is 17.9 Å². The number of benzene rings is 3. The van der Waals surface area contributed by atoms with Gasteiger partial charge in [-0.05, 0) is 42.7 Å². The van der Waals surface area contributed by atoms with Crippen LogP contribution in [-0.4, -0.2) is 33.0 Å². The maximum Gasteiger partial charge on any atom is 0.254 e. The lowest BCUT2D eigenvalue weighted by atomic mass is 9.92. The SMILES string of the molecule is Cc1ccccc1C(=O)N(CC(=O)Nc1cc(C(C)(C)C)nn1-c1ccccc1C)Cc1ccccc1. The molecular weight excluding hydrogens is 460 g/mol. The molecule has 6 nitrogen and oxygen atoms in total. The highest BCUT2D eigenvalue weighted by Crippen LogP contribution is 2.27. The zero-order valence-electron chi connectivity index (χ0n) is 22.2. The van der Waals surface area contributed by atoms with Crippen LogP contribution in [0.25, 0.3) is 5.69 Å². The van der Waals surface area contributed by atoms with Crippen molar-refractivity contribution >= 4 is 17.6 Å². The summed E-state index contributed by atoms with van der Waals surface area (Å²) in [6.07, 6.45) is 0. The van der Waals surface area contributed by atoms with E-state index in [9.17, 15) is 9.59 Å². The van der Waals surface area contributed by atoms with Crippen LogP contribution in [0, 0.1) is 13.8 Å². The predicted octanol–water partition coefficient (Wildman–Crippen LogP) is 6.07. The Kier molecular flexibility index (Phi) is 7.58. The summed E-state index contributed by atoms with van der Waals surface area (Å²) >= 11 is 0. The lowest BCUT2D eigenvalue weighted by molar-refractivity contribution is -0.117. The van der Waals surface area contributed by atoms with Gasteiger partial charge in [0.25, 0.3) is 5.91 Å². The van der Waals surface area contributed by atoms with E-state index in [4.69, 9.17) is 5.10 Å². The second kappa shape index (κ2) is 10.8. The molecule has 0 fully saturated rings. The Balaban J connectivity index is 1.64. The predicted molar refractivity (Wildman–Crippen MR) is 148 cm³/mol. The number of carbonyl (C=O) groups excluding carboxylic acids is 2. The Morgan fingerprint density at radius 2 is 1.49 bits per heavy atom. The van der Waals surface area contributed by atoms with E-state index in [-0.39, 0.29) is 23.8 Å². The second-order valence-electron chi connectivity index (χ2n) is 10.4. The zero-order chi connectivity index (χ0) is 26.6. The van der Waals surface area contributed by atoms with Gasteiger partial charge in [-0.15, -0.1) is 0 Å². The van der Waals surface area contributed by atoms with Crippen LogP contribution in [-0.2, 0) is 16.8 Å². The fourth-order valence-electron chi connectivity index (χ4n) is 4.16. The summed E-state index contributed by atoms with van der Waals surface area (Å²) in [6, 6.07) is 27.0. The summed E-state index contributed by atoms with van der Waals surface area (Å²) < 4.78 is 1.78. The van der Waals surface area contributed by atoms with Gasteiger partial charge >= 0.3 is 0 Å². The summed E-state index contributed by atoms with van der Waals surface area (Å²) in [6.45, 7) is 10.4. The van der Waals surface area contributed by atoms with Crippen LogP contribution in [0.5, 0.6) is 0 Å². The van der Waals surface area contributed by atoms with E-state index < -0.39 is 0 Å². The van der Waals surface area contributed by atoms with Crippen LogP contribution in [0.1, 0.15) is 53.5 Å². The first-order chi connectivity index (χ1) is 17.6. The fraction of sp³-hybridized carbons (Fsp3) is 0.258. The van der Waals surface area contributed by atoms with Gasteiger partial charge in [-0.3, -0.25) is 9.59 Å². The molecule has 0 bridgehead atoms. The number of aromatic nitrogens is 2. The van der Waals surface area contributed by atoms with E-state index in [1.54, 1.807) is 15.6 Å². The highest BCUT2D eigenvalue weighted by molar-refractivity contribution is 6.00. The molecule has 0 radical (unpaired) electrons. The third kappa shape index (κ3) is 6.15. The molecule has 0 saturated carbocycles. The van der Waals surface area contributed by atoms with Crippen LogP contribution in [0.4, 0.5) is 5.82 Å². The highest BCUT2D eigenvalue weighted by atomic mass is 16.2. The summed E-state index contributed by atoms with van der Waals surface area (Å²) in [5.41, 5.74) is 5.02. The average molecular weight is 495 g/mol. The Morgan fingerprint density at radius 3 is 2.14 bits per heavy atom. The largest absolute Gasteiger partial charge is 0.325 e. The molecule has 190 valence electrons. The van der Waals surface area contributed by atoms with Crippen molar-refractivity contribution < 1.29 is 9.59 Å². The molecule has 0 aliphatic rings. The van der Waals surface area contributed by atoms with Gasteiger partial charge in [-0.1, -0.05) is 87.5 Å². The van der Waals surface area contributed by atoms with E-state index >= 15 is 0 Å². The van der Waals surface area contributed by atoms with Crippen molar-refractivity contribution in [3.63, 3.8) is 0 Å². The first-order valence-electron chi connectivity index (χ1n) is 12.5. The van der Waals surface area contributed by atoms with Crippen molar-refractivity contribution in [3.8, 4) is 5.69 Å². The third-order valence-corrected chi connectivity index (χ3v) is 6.30. The second-order valence-corrected chi connectivity index (χ2v) is 10.4. The molecule has 0 unspecified atom stereocenters. The van der Waals surface area contributed by atoms with Crippen LogP contribution in [0.3, 0.4) is 0 Å². The quantitative estimate of drug-likeness (QED) is 0.339. The molecule has 2 amide bonds. The molecule has 0 aliphatic carbocycles. The van der Waals surface area contributed by atoms with Gasteiger partial charge in [0.2, 0.25) is 5.91 Å². The van der Waals surface area contributed by atoms with E-state index in [1.807, 2.05) is 92.7 Å². The number of nitrogens with zero attached hydrogens (tertiary/aromatic N) is 3. The summed E-state index contributed by atoms with van der Waals surface area (Å²) in [5.74, 6) is 0.111. The monoisotopic (exact) mass is 494 g/mol. The number of nitrogens with one attached hydrogen (secondary N) is 1. The Morgan fingerprint density at radius 1 is 0.865 bits per heavy atom. The molecule has 1 N–H and O–H groups in total. The molecule has 4 aromatic rings. The van der Waals surface area contributed by atoms with Gasteiger partial charge in [0.05, 0.1) is 11.4 Å². The Bertz CT molecular complexity index is 1400. The van der Waals surface area contributed by atoms with Crippen molar-refractivity contribution in [2.45, 2.75) is 46.6 Å². The average Bonchev–Trinajstić information content (AvgIpc) is 3.28. The lowest BCUT2D eigenvalue weighted by Crippen LogP contribution is -2.38. The molecule has 1 aromatic heterocycles. The molecule has 37 heavy (non-hydrogen) atoms. The number of aryl methyl sites for hydroxylation is 2. The van der Waals surface area contributed by atoms with E-state index in [2.05, 4.69) is 26.1 Å². The summed E-state index contributed by atoms with van der Waals surface area (Å²) in [4.78, 5) is 28.6. The number of carbonyl (C=O) groups is 2. The van der Waals surface area contributed by atoms with Gasteiger partial charge in [0.15, 0.2) is 0 Å². The molecule has 4 rings (SSSR count). The van der Waals surface area contributed by atoms with Crippen LogP contribution in [0.15, 0.2) is 84.9 Å². The molecular formula is C31H34N4O2. The van der Waals surface area contributed by atoms with Gasteiger partial charge < -0.3 is 10.2 Å². The third-order valence-electron chi connectivity index (χ3n) is 6.30. The summed E-state index contributed by atoms with van der Waals surface area (Å²) in [7, 11) is 0. The van der Waals surface area contributed by atoms with Crippen LogP contribution in [0.2, 0.25) is 0 Å². The van der Waals surface area contributed by atoms with Crippen molar-refractivity contribution in [2.75, 3.05) is 11.9 Å². The number of rotatable bonds is 7. The fourth-order valence-corrected chi connectivity index (χ4v) is 4.16. The molecule has 0 saturated heterocycles. The topological polar surface area (TPSA) is 67.2 Å². The van der Waals surface area contributed by atoms with Gasteiger partial charge in [-0.2, -0.15) is 5.10 Å². The Hall–Kier alpha value is -4.19.